The van der Waals surface area contributed by atoms with Crippen molar-refractivity contribution in [1.29, 1.82) is 0 Å². The summed E-state index contributed by atoms with van der Waals surface area (Å²) in [7, 11) is 0. The van der Waals surface area contributed by atoms with Gasteiger partial charge in [0.1, 0.15) is 0 Å². The van der Waals surface area contributed by atoms with Crippen LogP contribution in [0, 0.1) is 0 Å². The number of hydrogen-bond acceptors (Lipinski definition) is 2. The Balaban J connectivity index is 2.95. The molecule has 0 aliphatic carbocycles. The van der Waals surface area contributed by atoms with E-state index in [9.17, 15) is 0 Å². The largest absolute Gasteiger partial charge is 0.329 e. The highest BCUT2D eigenvalue weighted by atomic mass is 14.7. The Morgan fingerprint density at radius 1 is 0.933 bits per heavy atom. The molecule has 2 heteroatoms. The minimum absolute atomic E-state index is 0.666. The van der Waals surface area contributed by atoms with Gasteiger partial charge < -0.3 is 5.73 Å². The highest BCUT2D eigenvalue weighted by Gasteiger charge is 1.89. The molecule has 0 fully saturated rings. The van der Waals surface area contributed by atoms with Gasteiger partial charge in [0.15, 0.2) is 0 Å². The Kier molecular flexibility index (Phi) is 12.8. The highest BCUT2D eigenvalue weighted by Crippen LogP contribution is 2.07. The molecule has 0 aromatic rings. The van der Waals surface area contributed by atoms with Crippen LogP contribution in [-0.2, 0) is 0 Å². The SMILES string of the molecule is C=CCCCCCCCC/C=N/CCN. The molecule has 0 aromatic heterocycles. The third-order valence-corrected chi connectivity index (χ3v) is 2.38. The van der Waals surface area contributed by atoms with Gasteiger partial charge in [-0.25, -0.2) is 0 Å². The predicted octanol–water partition coefficient (Wildman–Crippen LogP) is 3.32. The molecule has 88 valence electrons. The van der Waals surface area contributed by atoms with Crippen molar-refractivity contribution < 1.29 is 0 Å². The minimum Gasteiger partial charge on any atom is -0.329 e. The first-order valence-corrected chi connectivity index (χ1v) is 6.21. The van der Waals surface area contributed by atoms with Crippen molar-refractivity contribution in [1.82, 2.24) is 0 Å². The Labute approximate surface area is 94.7 Å². The summed E-state index contributed by atoms with van der Waals surface area (Å²) in [4.78, 5) is 4.19. The van der Waals surface area contributed by atoms with Crippen LogP contribution in [0.15, 0.2) is 17.6 Å². The van der Waals surface area contributed by atoms with E-state index in [0.717, 1.165) is 13.0 Å². The average molecular weight is 210 g/mol. The summed E-state index contributed by atoms with van der Waals surface area (Å²) in [6.07, 6.45) is 14.3. The number of rotatable bonds is 11. The van der Waals surface area contributed by atoms with Gasteiger partial charge >= 0.3 is 0 Å². The summed E-state index contributed by atoms with van der Waals surface area (Å²) < 4.78 is 0. The van der Waals surface area contributed by atoms with Crippen molar-refractivity contribution in [2.75, 3.05) is 13.1 Å². The molecule has 0 heterocycles. The van der Waals surface area contributed by atoms with E-state index in [4.69, 9.17) is 5.73 Å². The van der Waals surface area contributed by atoms with Gasteiger partial charge in [0.2, 0.25) is 0 Å². The van der Waals surface area contributed by atoms with E-state index in [2.05, 4.69) is 11.6 Å². The van der Waals surface area contributed by atoms with E-state index in [1.165, 1.54) is 44.9 Å². The van der Waals surface area contributed by atoms with Gasteiger partial charge in [-0.3, -0.25) is 4.99 Å². The lowest BCUT2D eigenvalue weighted by molar-refractivity contribution is 0.604. The zero-order valence-corrected chi connectivity index (χ0v) is 9.96. The maximum absolute atomic E-state index is 5.33. The molecule has 0 saturated heterocycles. The van der Waals surface area contributed by atoms with Crippen LogP contribution in [0.2, 0.25) is 0 Å². The molecule has 0 radical (unpaired) electrons. The van der Waals surface area contributed by atoms with Gasteiger partial charge in [0, 0.05) is 6.54 Å². The summed E-state index contributed by atoms with van der Waals surface area (Å²) in [5.74, 6) is 0. The van der Waals surface area contributed by atoms with Crippen LogP contribution in [0.1, 0.15) is 51.4 Å². The summed E-state index contributed by atoms with van der Waals surface area (Å²) in [5, 5.41) is 0. The van der Waals surface area contributed by atoms with Gasteiger partial charge in [-0.15, -0.1) is 6.58 Å². The highest BCUT2D eigenvalue weighted by molar-refractivity contribution is 5.56. The first-order valence-electron chi connectivity index (χ1n) is 6.21. The lowest BCUT2D eigenvalue weighted by atomic mass is 10.1. The van der Waals surface area contributed by atoms with Crippen LogP contribution in [-0.4, -0.2) is 19.3 Å². The van der Waals surface area contributed by atoms with Gasteiger partial charge in [0.05, 0.1) is 6.54 Å². The smallest absolute Gasteiger partial charge is 0.0508 e. The fourth-order valence-corrected chi connectivity index (χ4v) is 1.49. The third-order valence-electron chi connectivity index (χ3n) is 2.38. The lowest BCUT2D eigenvalue weighted by Gasteiger charge is -1.98. The number of unbranched alkanes of at least 4 members (excludes halogenated alkanes) is 7. The van der Waals surface area contributed by atoms with Gasteiger partial charge in [-0.05, 0) is 31.9 Å². The van der Waals surface area contributed by atoms with Crippen LogP contribution in [0.3, 0.4) is 0 Å². The predicted molar refractivity (Wildman–Crippen MR) is 69.5 cm³/mol. The van der Waals surface area contributed by atoms with E-state index < -0.39 is 0 Å². The molecular formula is C13H26N2. The molecule has 2 nitrogen and oxygen atoms in total. The van der Waals surface area contributed by atoms with Crippen LogP contribution in [0.4, 0.5) is 0 Å². The topological polar surface area (TPSA) is 38.4 Å². The van der Waals surface area contributed by atoms with Crippen molar-refractivity contribution >= 4 is 6.21 Å². The van der Waals surface area contributed by atoms with Crippen LogP contribution in [0.5, 0.6) is 0 Å². The standard InChI is InChI=1S/C13H26N2/c1-2-3-4-5-6-7-8-9-10-12-15-13-11-14/h2,12H,1,3-11,13-14H2/b15-12+. The van der Waals surface area contributed by atoms with Crippen LogP contribution < -0.4 is 5.73 Å². The summed E-state index contributed by atoms with van der Waals surface area (Å²) in [5.41, 5.74) is 5.33. The Hall–Kier alpha value is -0.630. The first-order chi connectivity index (χ1) is 7.41. The maximum Gasteiger partial charge on any atom is 0.0508 e. The van der Waals surface area contributed by atoms with Gasteiger partial charge in [0.25, 0.3) is 0 Å². The quantitative estimate of drug-likeness (QED) is 0.317. The van der Waals surface area contributed by atoms with Crippen LogP contribution >= 0.6 is 0 Å². The molecule has 0 rings (SSSR count). The van der Waals surface area contributed by atoms with E-state index >= 15 is 0 Å². The number of nitrogens with two attached hydrogens (primary N) is 1. The molecular weight excluding hydrogens is 184 g/mol. The summed E-state index contributed by atoms with van der Waals surface area (Å²) in [6, 6.07) is 0. The van der Waals surface area contributed by atoms with E-state index in [1.807, 2.05) is 12.3 Å². The number of allylic oxidation sites excluding steroid dienone is 1. The van der Waals surface area contributed by atoms with Gasteiger partial charge in [-0.1, -0.05) is 31.8 Å². The van der Waals surface area contributed by atoms with Crippen molar-refractivity contribution in [3.05, 3.63) is 12.7 Å². The zero-order valence-electron chi connectivity index (χ0n) is 9.96. The second-order valence-corrected chi connectivity index (χ2v) is 3.86. The zero-order chi connectivity index (χ0) is 11.2. The van der Waals surface area contributed by atoms with Crippen molar-refractivity contribution in [3.8, 4) is 0 Å². The molecule has 0 unspecified atom stereocenters. The molecule has 0 aliphatic rings. The number of aliphatic imine (C=N–C) groups is 1. The van der Waals surface area contributed by atoms with E-state index in [1.54, 1.807) is 0 Å². The van der Waals surface area contributed by atoms with Gasteiger partial charge in [-0.2, -0.15) is 0 Å². The summed E-state index contributed by atoms with van der Waals surface area (Å²) in [6.45, 7) is 5.17. The van der Waals surface area contributed by atoms with E-state index in [0.29, 0.717) is 6.54 Å². The average Bonchev–Trinajstić information content (AvgIpc) is 2.26. The molecule has 15 heavy (non-hydrogen) atoms. The maximum atomic E-state index is 5.33. The molecule has 0 aliphatic heterocycles. The first kappa shape index (κ1) is 14.4. The Morgan fingerprint density at radius 2 is 1.53 bits per heavy atom. The Bertz CT molecular complexity index is 153. The Morgan fingerprint density at radius 3 is 2.13 bits per heavy atom. The molecule has 0 atom stereocenters. The molecule has 0 bridgehead atoms. The fraction of sp³-hybridized carbons (Fsp3) is 0.769. The molecule has 0 saturated carbocycles. The number of nitrogens with zero attached hydrogens (tertiary/aromatic N) is 1. The minimum atomic E-state index is 0.666. The molecule has 0 spiro atoms. The van der Waals surface area contributed by atoms with Crippen molar-refractivity contribution in [2.24, 2.45) is 10.7 Å². The molecule has 0 amide bonds. The number of hydrogen-bond donors (Lipinski definition) is 1. The van der Waals surface area contributed by atoms with Crippen LogP contribution in [0.25, 0.3) is 0 Å². The lowest BCUT2D eigenvalue weighted by Crippen LogP contribution is -2.02. The second kappa shape index (κ2) is 13.4. The molecule has 0 aromatic carbocycles. The normalized spacial score (nSPS) is 11.0. The van der Waals surface area contributed by atoms with E-state index in [-0.39, 0.29) is 0 Å². The molecule has 2 N–H and O–H groups in total. The third kappa shape index (κ3) is 13.4. The monoisotopic (exact) mass is 210 g/mol. The fourth-order valence-electron chi connectivity index (χ4n) is 1.49. The van der Waals surface area contributed by atoms with Crippen molar-refractivity contribution in [3.63, 3.8) is 0 Å². The summed E-state index contributed by atoms with van der Waals surface area (Å²) >= 11 is 0. The van der Waals surface area contributed by atoms with Crippen molar-refractivity contribution in [2.45, 2.75) is 51.4 Å². The second-order valence-electron chi connectivity index (χ2n) is 3.86.